The van der Waals surface area contributed by atoms with Gasteiger partial charge in [-0.3, -0.25) is 4.31 Å². The average Bonchev–Trinajstić information content (AvgIpc) is 2.30. The quantitative estimate of drug-likeness (QED) is 0.742. The molecule has 0 radical (unpaired) electrons. The second-order valence-corrected chi connectivity index (χ2v) is 3.88. The fourth-order valence-corrected chi connectivity index (χ4v) is 1.67. The summed E-state index contributed by atoms with van der Waals surface area (Å²) in [6, 6.07) is 18.4. The summed E-state index contributed by atoms with van der Waals surface area (Å²) in [7, 11) is 0. The molecule has 0 heterocycles. The lowest BCUT2D eigenvalue weighted by Crippen LogP contribution is -2.01. The second-order valence-electron chi connectivity index (χ2n) is 3.48. The van der Waals surface area contributed by atoms with Gasteiger partial charge in [0, 0.05) is 0 Å². The highest BCUT2D eigenvalue weighted by molar-refractivity contribution is 7.82. The zero-order valence-corrected chi connectivity index (χ0v) is 9.49. The van der Waals surface area contributed by atoms with E-state index in [0.29, 0.717) is 0 Å². The number of aryl methyl sites for hydroxylation is 1. The van der Waals surface area contributed by atoms with Gasteiger partial charge >= 0.3 is 0 Å². The van der Waals surface area contributed by atoms with Crippen LogP contribution in [0.1, 0.15) is 5.56 Å². The molecule has 0 aliphatic rings. The third kappa shape index (κ3) is 2.34. The van der Waals surface area contributed by atoms with Gasteiger partial charge < -0.3 is 0 Å². The minimum atomic E-state index is 1.07. The molecular weight excluding hydrogens is 202 g/mol. The molecule has 0 saturated heterocycles. The highest BCUT2D eigenvalue weighted by Gasteiger charge is 2.02. The van der Waals surface area contributed by atoms with Crippen LogP contribution in [0, 0.1) is 6.92 Å². The normalized spacial score (nSPS) is 10.0. The van der Waals surface area contributed by atoms with Crippen molar-refractivity contribution in [1.82, 2.24) is 0 Å². The van der Waals surface area contributed by atoms with Crippen molar-refractivity contribution in [2.45, 2.75) is 6.92 Å². The third-order valence-corrected chi connectivity index (χ3v) is 2.74. The predicted octanol–water partition coefficient (Wildman–Crippen LogP) is 3.98. The Bertz CT molecular complexity index is 422. The van der Waals surface area contributed by atoms with Gasteiger partial charge in [0.25, 0.3) is 0 Å². The minimum Gasteiger partial charge on any atom is -0.287 e. The lowest BCUT2D eigenvalue weighted by atomic mass is 10.2. The van der Waals surface area contributed by atoms with E-state index in [0.717, 1.165) is 11.4 Å². The maximum absolute atomic E-state index is 4.48. The molecule has 2 rings (SSSR count). The molecule has 2 heteroatoms. The Morgan fingerprint density at radius 1 is 0.800 bits per heavy atom. The van der Waals surface area contributed by atoms with Gasteiger partial charge in [-0.2, -0.15) is 0 Å². The van der Waals surface area contributed by atoms with E-state index >= 15 is 0 Å². The SMILES string of the molecule is Cc1ccc(N(S)c2ccccc2)cc1. The van der Waals surface area contributed by atoms with Gasteiger partial charge in [-0.15, -0.1) is 0 Å². The predicted molar refractivity (Wildman–Crippen MR) is 68.7 cm³/mol. The molecule has 0 fully saturated rings. The monoisotopic (exact) mass is 215 g/mol. The summed E-state index contributed by atoms with van der Waals surface area (Å²) in [6.07, 6.45) is 0. The number of nitrogens with zero attached hydrogens (tertiary/aromatic N) is 1. The first kappa shape index (κ1) is 10.1. The lowest BCUT2D eigenvalue weighted by molar-refractivity contribution is 1.40. The van der Waals surface area contributed by atoms with E-state index in [1.807, 2.05) is 34.6 Å². The van der Waals surface area contributed by atoms with Gasteiger partial charge in [0.2, 0.25) is 0 Å². The van der Waals surface area contributed by atoms with Crippen LogP contribution in [-0.4, -0.2) is 0 Å². The smallest absolute Gasteiger partial charge is 0.0523 e. The van der Waals surface area contributed by atoms with Crippen molar-refractivity contribution in [3.8, 4) is 0 Å². The van der Waals surface area contributed by atoms with Crippen LogP contribution in [0.2, 0.25) is 0 Å². The van der Waals surface area contributed by atoms with Crippen molar-refractivity contribution < 1.29 is 0 Å². The molecule has 15 heavy (non-hydrogen) atoms. The van der Waals surface area contributed by atoms with E-state index in [1.54, 1.807) is 0 Å². The van der Waals surface area contributed by atoms with E-state index in [4.69, 9.17) is 0 Å². The first-order valence-corrected chi connectivity index (χ1v) is 5.28. The van der Waals surface area contributed by atoms with Crippen molar-refractivity contribution in [2.24, 2.45) is 0 Å². The molecule has 0 aliphatic carbocycles. The number of anilines is 2. The van der Waals surface area contributed by atoms with E-state index in [9.17, 15) is 0 Å². The molecule has 0 spiro atoms. The van der Waals surface area contributed by atoms with E-state index in [2.05, 4.69) is 44.0 Å². The Hall–Kier alpha value is -1.41. The van der Waals surface area contributed by atoms with E-state index in [1.165, 1.54) is 5.56 Å². The molecule has 0 atom stereocenters. The molecule has 0 bridgehead atoms. The summed E-state index contributed by atoms with van der Waals surface area (Å²) < 4.78 is 1.87. The van der Waals surface area contributed by atoms with Gasteiger partial charge in [-0.25, -0.2) is 0 Å². The highest BCUT2D eigenvalue weighted by atomic mass is 32.1. The maximum atomic E-state index is 4.48. The number of thiol groups is 1. The molecule has 0 saturated carbocycles. The number of hydrogen-bond donors (Lipinski definition) is 1. The van der Waals surface area contributed by atoms with Crippen LogP contribution in [0.25, 0.3) is 0 Å². The van der Waals surface area contributed by atoms with Crippen molar-refractivity contribution in [3.63, 3.8) is 0 Å². The van der Waals surface area contributed by atoms with Gasteiger partial charge in [-0.05, 0) is 31.2 Å². The summed E-state index contributed by atoms with van der Waals surface area (Å²) in [6.45, 7) is 2.08. The molecule has 0 amide bonds. The molecule has 0 unspecified atom stereocenters. The molecule has 2 aromatic carbocycles. The Balaban J connectivity index is 2.29. The van der Waals surface area contributed by atoms with Crippen molar-refractivity contribution in [2.75, 3.05) is 4.31 Å². The van der Waals surface area contributed by atoms with Crippen LogP contribution in [0.4, 0.5) is 11.4 Å². The number of hydrogen-bond acceptors (Lipinski definition) is 2. The summed E-state index contributed by atoms with van der Waals surface area (Å²) in [5.74, 6) is 0. The van der Waals surface area contributed by atoms with Gasteiger partial charge in [0.1, 0.15) is 0 Å². The molecule has 76 valence electrons. The van der Waals surface area contributed by atoms with E-state index < -0.39 is 0 Å². The summed E-state index contributed by atoms with van der Waals surface area (Å²) in [5.41, 5.74) is 3.41. The fraction of sp³-hybridized carbons (Fsp3) is 0.0769. The minimum absolute atomic E-state index is 1.07. The molecule has 0 aliphatic heterocycles. The topological polar surface area (TPSA) is 3.24 Å². The van der Waals surface area contributed by atoms with E-state index in [-0.39, 0.29) is 0 Å². The van der Waals surface area contributed by atoms with Crippen molar-refractivity contribution in [1.29, 1.82) is 0 Å². The van der Waals surface area contributed by atoms with Gasteiger partial charge in [0.15, 0.2) is 0 Å². The van der Waals surface area contributed by atoms with Crippen molar-refractivity contribution >= 4 is 24.2 Å². The first-order valence-electron chi connectivity index (χ1n) is 4.88. The molecule has 0 aromatic heterocycles. The van der Waals surface area contributed by atoms with Crippen LogP contribution < -0.4 is 4.31 Å². The standard InChI is InChI=1S/C13H13NS/c1-11-7-9-13(10-8-11)14(15)12-5-3-2-4-6-12/h2-10,15H,1H3. The first-order chi connectivity index (χ1) is 7.27. The van der Waals surface area contributed by atoms with Crippen molar-refractivity contribution in [3.05, 3.63) is 60.2 Å². The fourth-order valence-electron chi connectivity index (χ4n) is 1.40. The molecular formula is C13H13NS. The lowest BCUT2D eigenvalue weighted by Gasteiger charge is -2.17. The van der Waals surface area contributed by atoms with Gasteiger partial charge in [-0.1, -0.05) is 48.7 Å². The molecule has 1 nitrogen and oxygen atoms in total. The summed E-state index contributed by atoms with van der Waals surface area (Å²) in [4.78, 5) is 0. The third-order valence-electron chi connectivity index (χ3n) is 2.28. The van der Waals surface area contributed by atoms with Crippen LogP contribution in [0.3, 0.4) is 0 Å². The summed E-state index contributed by atoms with van der Waals surface area (Å²) in [5, 5.41) is 0. The van der Waals surface area contributed by atoms with Crippen LogP contribution >= 0.6 is 12.8 Å². The van der Waals surface area contributed by atoms with Crippen LogP contribution in [0.15, 0.2) is 54.6 Å². The average molecular weight is 215 g/mol. The number of rotatable bonds is 2. The van der Waals surface area contributed by atoms with Crippen LogP contribution in [0.5, 0.6) is 0 Å². The van der Waals surface area contributed by atoms with Crippen LogP contribution in [-0.2, 0) is 0 Å². The zero-order valence-electron chi connectivity index (χ0n) is 8.59. The van der Waals surface area contributed by atoms with Gasteiger partial charge in [0.05, 0.1) is 11.4 Å². The Morgan fingerprint density at radius 2 is 1.33 bits per heavy atom. The molecule has 0 N–H and O–H groups in total. The largest absolute Gasteiger partial charge is 0.287 e. The Kier molecular flexibility index (Phi) is 2.97. The second kappa shape index (κ2) is 4.41. The maximum Gasteiger partial charge on any atom is 0.0523 e. The summed E-state index contributed by atoms with van der Waals surface area (Å²) >= 11 is 4.48. The highest BCUT2D eigenvalue weighted by Crippen LogP contribution is 2.26. The Morgan fingerprint density at radius 3 is 1.93 bits per heavy atom. The Labute approximate surface area is 95.9 Å². The zero-order chi connectivity index (χ0) is 10.7. The molecule has 2 aromatic rings. The number of para-hydroxylation sites is 1. The number of benzene rings is 2.